The average molecular weight is 322 g/mol. The summed E-state index contributed by atoms with van der Waals surface area (Å²) in [5.74, 6) is 0.638. The van der Waals surface area contributed by atoms with E-state index in [4.69, 9.17) is 0 Å². The quantitative estimate of drug-likeness (QED) is 0.835. The highest BCUT2D eigenvalue weighted by Crippen LogP contribution is 2.33. The van der Waals surface area contributed by atoms with E-state index >= 15 is 0 Å². The molecular weight excluding hydrogens is 300 g/mol. The maximum absolute atomic E-state index is 12.4. The smallest absolute Gasteiger partial charge is 0.250 e. The molecule has 1 aromatic rings. The van der Waals surface area contributed by atoms with Crippen molar-refractivity contribution in [3.05, 3.63) is 33.7 Å². The van der Waals surface area contributed by atoms with Gasteiger partial charge in [0.1, 0.15) is 0 Å². The van der Waals surface area contributed by atoms with Crippen molar-refractivity contribution in [3.8, 4) is 0 Å². The lowest BCUT2D eigenvalue weighted by molar-refractivity contribution is 0.423. The van der Waals surface area contributed by atoms with E-state index in [0.717, 1.165) is 30.6 Å². The predicted octanol–water partition coefficient (Wildman–Crippen LogP) is 1.15. The van der Waals surface area contributed by atoms with Crippen LogP contribution >= 0.6 is 0 Å². The Balaban J connectivity index is 1.62. The molecule has 2 saturated carbocycles. The summed E-state index contributed by atoms with van der Waals surface area (Å²) in [4.78, 5) is 12.2. The Hall–Kier alpha value is -1.14. The van der Waals surface area contributed by atoms with Gasteiger partial charge in [-0.05, 0) is 43.6 Å². The van der Waals surface area contributed by atoms with E-state index < -0.39 is 10.0 Å². The van der Waals surface area contributed by atoms with Gasteiger partial charge in [0, 0.05) is 37.8 Å². The molecule has 6 heteroatoms. The molecule has 4 rings (SSSR count). The lowest BCUT2D eigenvalue weighted by atomic mass is 10.1. The van der Waals surface area contributed by atoms with Crippen molar-refractivity contribution in [2.45, 2.75) is 50.3 Å². The Morgan fingerprint density at radius 1 is 1.05 bits per heavy atom. The van der Waals surface area contributed by atoms with Crippen LogP contribution in [0.4, 0.5) is 0 Å². The minimum absolute atomic E-state index is 0.0594. The molecule has 3 aliphatic rings. The van der Waals surface area contributed by atoms with Crippen LogP contribution in [0.1, 0.15) is 36.9 Å². The van der Waals surface area contributed by atoms with Crippen molar-refractivity contribution in [1.82, 2.24) is 8.87 Å². The predicted molar refractivity (Wildman–Crippen MR) is 84.3 cm³/mol. The molecule has 0 atom stereocenters. The Morgan fingerprint density at radius 3 is 2.45 bits per heavy atom. The lowest BCUT2D eigenvalue weighted by Gasteiger charge is -2.19. The zero-order valence-electron chi connectivity index (χ0n) is 12.7. The van der Waals surface area contributed by atoms with Crippen LogP contribution in [0, 0.1) is 5.92 Å². The number of aromatic nitrogens is 1. The van der Waals surface area contributed by atoms with E-state index in [2.05, 4.69) is 0 Å². The van der Waals surface area contributed by atoms with Gasteiger partial charge >= 0.3 is 0 Å². The number of pyridine rings is 1. The van der Waals surface area contributed by atoms with E-state index in [1.165, 1.54) is 12.8 Å². The fourth-order valence-corrected chi connectivity index (χ4v) is 5.21. The molecular formula is C16H22N2O3S. The molecule has 5 nitrogen and oxygen atoms in total. The van der Waals surface area contributed by atoms with Gasteiger partial charge in [-0.1, -0.05) is 6.07 Å². The van der Waals surface area contributed by atoms with Crippen LogP contribution in [0.25, 0.3) is 0 Å². The van der Waals surface area contributed by atoms with Crippen molar-refractivity contribution < 1.29 is 8.42 Å². The first kappa shape index (κ1) is 14.5. The number of hydrogen-bond acceptors (Lipinski definition) is 3. The third kappa shape index (κ3) is 2.63. The van der Waals surface area contributed by atoms with E-state index in [-0.39, 0.29) is 10.8 Å². The molecule has 2 heterocycles. The normalized spacial score (nSPS) is 23.1. The van der Waals surface area contributed by atoms with Gasteiger partial charge in [0.15, 0.2) is 0 Å². The summed E-state index contributed by atoms with van der Waals surface area (Å²) < 4.78 is 28.4. The lowest BCUT2D eigenvalue weighted by Crippen LogP contribution is -2.36. The van der Waals surface area contributed by atoms with Crippen molar-refractivity contribution in [3.63, 3.8) is 0 Å². The topological polar surface area (TPSA) is 59.4 Å². The summed E-state index contributed by atoms with van der Waals surface area (Å²) in [5.41, 5.74) is 2.27. The molecule has 2 aliphatic carbocycles. The van der Waals surface area contributed by atoms with Crippen molar-refractivity contribution in [1.29, 1.82) is 0 Å². The van der Waals surface area contributed by atoms with E-state index in [0.29, 0.717) is 31.8 Å². The van der Waals surface area contributed by atoms with Crippen molar-refractivity contribution in [2.24, 2.45) is 5.92 Å². The SMILES string of the molecule is O=c1ccc2c(n1CC1CC1)CCN(S(=O)(=O)C1CC1)CC2. The van der Waals surface area contributed by atoms with E-state index in [1.54, 1.807) is 10.4 Å². The summed E-state index contributed by atoms with van der Waals surface area (Å²) in [5, 5.41) is -0.151. The fraction of sp³-hybridized carbons (Fsp3) is 0.688. The number of nitrogens with zero attached hydrogens (tertiary/aromatic N) is 2. The third-order valence-corrected chi connectivity index (χ3v) is 7.46. The second kappa shape index (κ2) is 5.20. The first-order valence-corrected chi connectivity index (χ1v) is 9.76. The number of fused-ring (bicyclic) bond motifs is 1. The Bertz CT molecular complexity index is 745. The first-order valence-electron chi connectivity index (χ1n) is 8.26. The zero-order valence-corrected chi connectivity index (χ0v) is 13.5. The highest BCUT2D eigenvalue weighted by molar-refractivity contribution is 7.90. The van der Waals surface area contributed by atoms with Crippen molar-refractivity contribution >= 4 is 10.0 Å². The molecule has 22 heavy (non-hydrogen) atoms. The molecule has 120 valence electrons. The first-order chi connectivity index (χ1) is 10.6. The zero-order chi connectivity index (χ0) is 15.3. The average Bonchev–Trinajstić information content (AvgIpc) is 3.36. The van der Waals surface area contributed by atoms with Gasteiger partial charge in [0.2, 0.25) is 10.0 Å². The molecule has 0 N–H and O–H groups in total. The molecule has 0 saturated heterocycles. The van der Waals surface area contributed by atoms with Gasteiger partial charge in [-0.3, -0.25) is 4.79 Å². The van der Waals surface area contributed by atoms with Crippen LogP contribution < -0.4 is 5.56 Å². The van der Waals surface area contributed by atoms with Gasteiger partial charge in [0.25, 0.3) is 5.56 Å². The van der Waals surface area contributed by atoms with E-state index in [9.17, 15) is 13.2 Å². The maximum Gasteiger partial charge on any atom is 0.250 e. The van der Waals surface area contributed by atoms with Gasteiger partial charge < -0.3 is 4.57 Å². The molecule has 0 aromatic carbocycles. The number of hydrogen-bond donors (Lipinski definition) is 0. The third-order valence-electron chi connectivity index (χ3n) is 5.06. The van der Waals surface area contributed by atoms with Gasteiger partial charge in [0.05, 0.1) is 5.25 Å². The molecule has 0 bridgehead atoms. The van der Waals surface area contributed by atoms with Crippen LogP contribution in [0.5, 0.6) is 0 Å². The minimum Gasteiger partial charge on any atom is -0.312 e. The summed E-state index contributed by atoms with van der Waals surface area (Å²) >= 11 is 0. The van der Waals surface area contributed by atoms with Crippen LogP contribution in [0.3, 0.4) is 0 Å². The van der Waals surface area contributed by atoms with Crippen LogP contribution in [-0.2, 0) is 29.4 Å². The molecule has 0 unspecified atom stereocenters. The maximum atomic E-state index is 12.4. The van der Waals surface area contributed by atoms with Gasteiger partial charge in [-0.15, -0.1) is 0 Å². The van der Waals surface area contributed by atoms with Crippen LogP contribution in [0.2, 0.25) is 0 Å². The summed E-state index contributed by atoms with van der Waals surface area (Å²) in [7, 11) is -3.12. The highest BCUT2D eigenvalue weighted by atomic mass is 32.2. The highest BCUT2D eigenvalue weighted by Gasteiger charge is 2.40. The minimum atomic E-state index is -3.12. The molecule has 0 spiro atoms. The van der Waals surface area contributed by atoms with Crippen LogP contribution in [-0.4, -0.2) is 35.6 Å². The fourth-order valence-electron chi connectivity index (χ4n) is 3.37. The Morgan fingerprint density at radius 2 is 1.77 bits per heavy atom. The molecule has 1 aromatic heterocycles. The Kier molecular flexibility index (Phi) is 3.42. The largest absolute Gasteiger partial charge is 0.312 e. The second-order valence-electron chi connectivity index (χ2n) is 6.84. The Labute approximate surface area is 131 Å². The second-order valence-corrected chi connectivity index (χ2v) is 9.05. The summed E-state index contributed by atoms with van der Waals surface area (Å²) in [6.45, 7) is 1.87. The summed E-state index contributed by atoms with van der Waals surface area (Å²) in [6.07, 6.45) is 5.39. The van der Waals surface area contributed by atoms with Gasteiger partial charge in [-0.25, -0.2) is 12.7 Å². The van der Waals surface area contributed by atoms with Crippen LogP contribution in [0.15, 0.2) is 16.9 Å². The molecule has 2 fully saturated rings. The number of rotatable bonds is 4. The van der Waals surface area contributed by atoms with Crippen molar-refractivity contribution in [2.75, 3.05) is 13.1 Å². The molecule has 0 amide bonds. The summed E-state index contributed by atoms with van der Waals surface area (Å²) in [6, 6.07) is 3.54. The number of sulfonamides is 1. The van der Waals surface area contributed by atoms with Gasteiger partial charge in [-0.2, -0.15) is 0 Å². The van der Waals surface area contributed by atoms with E-state index in [1.807, 2.05) is 10.6 Å². The standard InChI is InChI=1S/C16H22N2O3S/c19-16-6-3-13-7-9-17(22(20,21)14-4-5-14)10-8-15(13)18(16)11-12-1-2-12/h3,6,12,14H,1-2,4-5,7-11H2. The molecule has 1 aliphatic heterocycles. The monoisotopic (exact) mass is 322 g/mol. The molecule has 0 radical (unpaired) electrons.